The lowest BCUT2D eigenvalue weighted by Crippen LogP contribution is -2.47. The smallest absolute Gasteiger partial charge is 0.289 e. The molecule has 2 aliphatic rings. The third-order valence-electron chi connectivity index (χ3n) is 4.19. The zero-order chi connectivity index (χ0) is 13.6. The third-order valence-corrected chi connectivity index (χ3v) is 4.51. The molecule has 0 aromatic heterocycles. The fourth-order valence-electron chi connectivity index (χ4n) is 3.44. The van der Waals surface area contributed by atoms with Gasteiger partial charge in [0, 0.05) is 29.9 Å². The van der Waals surface area contributed by atoms with Gasteiger partial charge in [0.15, 0.2) is 0 Å². The largest absolute Gasteiger partial charge is 0.365 e. The molecule has 2 fully saturated rings. The van der Waals surface area contributed by atoms with Crippen LogP contribution in [0.4, 0.5) is 11.4 Å². The van der Waals surface area contributed by atoms with Crippen molar-refractivity contribution >= 4 is 23.0 Å². The molecule has 2 saturated heterocycles. The Kier molecular flexibility index (Phi) is 3.11. The van der Waals surface area contributed by atoms with E-state index in [1.807, 2.05) is 6.07 Å². The van der Waals surface area contributed by atoms with Crippen LogP contribution in [0.2, 0.25) is 5.02 Å². The van der Waals surface area contributed by atoms with E-state index in [0.29, 0.717) is 12.1 Å². The number of nitrogens with zero attached hydrogens (tertiary/aromatic N) is 2. The van der Waals surface area contributed by atoms with Crippen LogP contribution in [0, 0.1) is 10.1 Å². The number of nitro benzene ring substituents is 1. The molecule has 0 aliphatic carbocycles. The van der Waals surface area contributed by atoms with Crippen LogP contribution in [0.25, 0.3) is 0 Å². The van der Waals surface area contributed by atoms with Gasteiger partial charge in [0.05, 0.1) is 4.92 Å². The van der Waals surface area contributed by atoms with E-state index in [-0.39, 0.29) is 16.8 Å². The average Bonchev–Trinajstić information content (AvgIpc) is 2.63. The van der Waals surface area contributed by atoms with Crippen molar-refractivity contribution in [2.75, 3.05) is 4.90 Å². The minimum atomic E-state index is -0.427. The van der Waals surface area contributed by atoms with Crippen molar-refractivity contribution in [3.8, 4) is 0 Å². The second-order valence-electron chi connectivity index (χ2n) is 5.42. The molecule has 0 spiro atoms. The van der Waals surface area contributed by atoms with Gasteiger partial charge in [0.1, 0.15) is 5.02 Å². The molecular weight excluding hydrogens is 266 g/mol. The molecule has 1 aromatic rings. The summed E-state index contributed by atoms with van der Waals surface area (Å²) in [5.74, 6) is 0. The van der Waals surface area contributed by atoms with Gasteiger partial charge < -0.3 is 10.6 Å². The van der Waals surface area contributed by atoms with Crippen LogP contribution < -0.4 is 10.6 Å². The summed E-state index contributed by atoms with van der Waals surface area (Å²) >= 11 is 5.86. The van der Waals surface area contributed by atoms with E-state index in [9.17, 15) is 10.1 Å². The second kappa shape index (κ2) is 4.65. The van der Waals surface area contributed by atoms with Crippen LogP contribution in [-0.2, 0) is 0 Å². The SMILES string of the molecule is NC1CC2CCC(C1)N2c1ccc(Cl)c([N+](=O)[O-])c1. The van der Waals surface area contributed by atoms with Crippen LogP contribution in [0.15, 0.2) is 18.2 Å². The van der Waals surface area contributed by atoms with E-state index in [2.05, 4.69) is 4.90 Å². The molecule has 2 heterocycles. The first-order valence-corrected chi connectivity index (χ1v) is 6.92. The molecule has 6 heteroatoms. The van der Waals surface area contributed by atoms with Gasteiger partial charge in [0.2, 0.25) is 0 Å². The zero-order valence-corrected chi connectivity index (χ0v) is 11.2. The number of nitrogens with two attached hydrogens (primary N) is 1. The fourth-order valence-corrected chi connectivity index (χ4v) is 3.63. The van der Waals surface area contributed by atoms with Crippen LogP contribution in [0.3, 0.4) is 0 Å². The molecule has 5 nitrogen and oxygen atoms in total. The highest BCUT2D eigenvalue weighted by Crippen LogP contribution is 2.40. The van der Waals surface area contributed by atoms with Crippen molar-refractivity contribution in [3.63, 3.8) is 0 Å². The van der Waals surface area contributed by atoms with Gasteiger partial charge in [-0.3, -0.25) is 10.1 Å². The number of halogens is 1. The molecule has 102 valence electrons. The third kappa shape index (κ3) is 2.17. The summed E-state index contributed by atoms with van der Waals surface area (Å²) < 4.78 is 0. The molecule has 0 radical (unpaired) electrons. The van der Waals surface area contributed by atoms with E-state index in [0.717, 1.165) is 31.4 Å². The zero-order valence-electron chi connectivity index (χ0n) is 10.5. The maximum absolute atomic E-state index is 11.0. The number of rotatable bonds is 2. The molecule has 1 aromatic carbocycles. The number of piperidine rings is 1. The van der Waals surface area contributed by atoms with Gasteiger partial charge in [-0.1, -0.05) is 11.6 Å². The number of hydrogen-bond donors (Lipinski definition) is 1. The Balaban J connectivity index is 1.95. The van der Waals surface area contributed by atoms with Crippen molar-refractivity contribution < 1.29 is 4.92 Å². The van der Waals surface area contributed by atoms with Crippen LogP contribution >= 0.6 is 11.6 Å². The van der Waals surface area contributed by atoms with Crippen molar-refractivity contribution in [1.29, 1.82) is 0 Å². The Morgan fingerprint density at radius 1 is 1.32 bits per heavy atom. The summed E-state index contributed by atoms with van der Waals surface area (Å²) in [6.07, 6.45) is 4.17. The average molecular weight is 282 g/mol. The van der Waals surface area contributed by atoms with E-state index < -0.39 is 4.92 Å². The molecule has 0 amide bonds. The maximum Gasteiger partial charge on any atom is 0.289 e. The lowest BCUT2D eigenvalue weighted by atomic mass is 9.97. The lowest BCUT2D eigenvalue weighted by molar-refractivity contribution is -0.384. The standard InChI is InChI=1S/C13H16ClN3O2/c14-12-4-3-11(7-13(12)17(18)19)16-9-1-2-10(16)6-8(15)5-9/h3-4,7-10H,1-2,5-6,15H2. The molecular formula is C13H16ClN3O2. The lowest BCUT2D eigenvalue weighted by Gasteiger charge is -2.39. The second-order valence-corrected chi connectivity index (χ2v) is 5.82. The molecule has 3 rings (SSSR count). The molecule has 2 N–H and O–H groups in total. The maximum atomic E-state index is 11.0. The Morgan fingerprint density at radius 2 is 1.95 bits per heavy atom. The minimum absolute atomic E-state index is 0.0200. The normalized spacial score (nSPS) is 29.6. The molecule has 2 bridgehead atoms. The summed E-state index contributed by atoms with van der Waals surface area (Å²) in [5, 5.41) is 11.2. The van der Waals surface area contributed by atoms with Gasteiger partial charge in [-0.25, -0.2) is 0 Å². The molecule has 2 aliphatic heterocycles. The number of fused-ring (bicyclic) bond motifs is 2. The van der Waals surface area contributed by atoms with Crippen LogP contribution in [-0.4, -0.2) is 23.0 Å². The fraction of sp³-hybridized carbons (Fsp3) is 0.538. The summed E-state index contributed by atoms with van der Waals surface area (Å²) in [7, 11) is 0. The predicted molar refractivity (Wildman–Crippen MR) is 74.6 cm³/mol. The molecule has 2 unspecified atom stereocenters. The topological polar surface area (TPSA) is 72.4 Å². The molecule has 19 heavy (non-hydrogen) atoms. The van der Waals surface area contributed by atoms with Crippen molar-refractivity contribution in [3.05, 3.63) is 33.3 Å². The van der Waals surface area contributed by atoms with Crippen molar-refractivity contribution in [1.82, 2.24) is 0 Å². The first kappa shape index (κ1) is 12.7. The summed E-state index contributed by atoms with van der Waals surface area (Å²) in [5.41, 5.74) is 6.92. The number of nitro groups is 1. The molecule has 0 saturated carbocycles. The van der Waals surface area contributed by atoms with E-state index >= 15 is 0 Å². The number of benzene rings is 1. The van der Waals surface area contributed by atoms with Crippen LogP contribution in [0.5, 0.6) is 0 Å². The Hall–Kier alpha value is -1.33. The predicted octanol–water partition coefficient (Wildman–Crippen LogP) is 2.71. The van der Waals surface area contributed by atoms with Gasteiger partial charge in [-0.05, 0) is 37.8 Å². The first-order valence-electron chi connectivity index (χ1n) is 6.54. The van der Waals surface area contributed by atoms with E-state index in [1.54, 1.807) is 12.1 Å². The highest BCUT2D eigenvalue weighted by atomic mass is 35.5. The first-order chi connectivity index (χ1) is 9.06. The van der Waals surface area contributed by atoms with Gasteiger partial charge in [0.25, 0.3) is 5.69 Å². The van der Waals surface area contributed by atoms with E-state index in [1.165, 1.54) is 0 Å². The Morgan fingerprint density at radius 3 is 2.53 bits per heavy atom. The highest BCUT2D eigenvalue weighted by molar-refractivity contribution is 6.32. The minimum Gasteiger partial charge on any atom is -0.365 e. The summed E-state index contributed by atoms with van der Waals surface area (Å²) in [6.45, 7) is 0. The van der Waals surface area contributed by atoms with Gasteiger partial charge >= 0.3 is 0 Å². The Labute approximate surface area is 116 Å². The Bertz CT molecular complexity index is 509. The monoisotopic (exact) mass is 281 g/mol. The number of anilines is 1. The molecule has 2 atom stereocenters. The summed E-state index contributed by atoms with van der Waals surface area (Å²) in [6, 6.07) is 6.16. The van der Waals surface area contributed by atoms with Crippen molar-refractivity contribution in [2.45, 2.75) is 43.8 Å². The quantitative estimate of drug-likeness (QED) is 0.668. The van der Waals surface area contributed by atoms with Crippen molar-refractivity contribution in [2.24, 2.45) is 5.73 Å². The van der Waals surface area contributed by atoms with E-state index in [4.69, 9.17) is 17.3 Å². The van der Waals surface area contributed by atoms with Gasteiger partial charge in [-0.15, -0.1) is 0 Å². The number of hydrogen-bond acceptors (Lipinski definition) is 4. The highest BCUT2D eigenvalue weighted by Gasteiger charge is 2.40. The van der Waals surface area contributed by atoms with Crippen LogP contribution in [0.1, 0.15) is 25.7 Å². The van der Waals surface area contributed by atoms with Gasteiger partial charge in [-0.2, -0.15) is 0 Å². The summed E-state index contributed by atoms with van der Waals surface area (Å²) in [4.78, 5) is 12.8.